The molecule has 0 radical (unpaired) electrons. The van der Waals surface area contributed by atoms with Crippen LogP contribution in [0.2, 0.25) is 0 Å². The Labute approximate surface area is 169 Å². The van der Waals surface area contributed by atoms with Gasteiger partial charge >= 0.3 is 5.56 Å². The Hall–Kier alpha value is -2.96. The lowest BCUT2D eigenvalue weighted by Crippen LogP contribution is -2.47. The van der Waals surface area contributed by atoms with E-state index < -0.39 is 0 Å². The van der Waals surface area contributed by atoms with Gasteiger partial charge in [0.25, 0.3) is 0 Å². The average Bonchev–Trinajstić information content (AvgIpc) is 3.15. The average molecular weight is 388 g/mol. The largest absolute Gasteiger partial charge is 0.361 e. The molecule has 0 spiro atoms. The lowest BCUT2D eigenvalue weighted by atomic mass is 10.2. The molecule has 1 aliphatic heterocycles. The van der Waals surface area contributed by atoms with Crippen molar-refractivity contribution in [1.29, 1.82) is 0 Å². The molecule has 1 aliphatic rings. The summed E-state index contributed by atoms with van der Waals surface area (Å²) >= 11 is 0. The molecule has 2 N–H and O–H groups in total. The maximum atomic E-state index is 12.9. The summed E-state index contributed by atoms with van der Waals surface area (Å²) in [7, 11) is 0. The molecule has 148 valence electrons. The zero-order valence-corrected chi connectivity index (χ0v) is 16.5. The van der Waals surface area contributed by atoms with Crippen molar-refractivity contribution < 1.29 is 4.98 Å². The molecular weight excluding hydrogens is 362 g/mol. The summed E-state index contributed by atoms with van der Waals surface area (Å²) in [6, 6.07) is 18.7. The first-order valence-electron chi connectivity index (χ1n) is 10.3. The highest BCUT2D eigenvalue weighted by atomic mass is 16.1. The van der Waals surface area contributed by atoms with Gasteiger partial charge in [0.15, 0.2) is 11.0 Å². The second kappa shape index (κ2) is 7.81. The third-order valence-electron chi connectivity index (χ3n) is 5.92. The van der Waals surface area contributed by atoms with E-state index in [4.69, 9.17) is 0 Å². The number of hydrogen-bond acceptors (Lipinski definition) is 3. The first kappa shape index (κ1) is 18.1. The molecule has 5 rings (SSSR count). The predicted molar refractivity (Wildman–Crippen MR) is 115 cm³/mol. The zero-order valence-electron chi connectivity index (χ0n) is 16.5. The third kappa shape index (κ3) is 3.69. The number of aromatic nitrogens is 3. The van der Waals surface area contributed by atoms with E-state index in [0.717, 1.165) is 55.7 Å². The number of aromatic amines is 2. The molecule has 0 saturated carbocycles. The fourth-order valence-electron chi connectivity index (χ4n) is 4.22. The summed E-state index contributed by atoms with van der Waals surface area (Å²) in [5, 5.41) is 1.06. The highest BCUT2D eigenvalue weighted by Crippen LogP contribution is 2.18. The Bertz CT molecular complexity index is 1170. The van der Waals surface area contributed by atoms with Gasteiger partial charge in [-0.2, -0.15) is 4.57 Å². The molecule has 0 amide bonds. The minimum Gasteiger partial charge on any atom is -0.345 e. The van der Waals surface area contributed by atoms with Crippen LogP contribution in [0.1, 0.15) is 5.56 Å². The number of H-pyrrole nitrogens is 2. The Morgan fingerprint density at radius 3 is 2.41 bits per heavy atom. The summed E-state index contributed by atoms with van der Waals surface area (Å²) in [4.78, 5) is 24.4. The quantitative estimate of drug-likeness (QED) is 0.570. The van der Waals surface area contributed by atoms with E-state index in [9.17, 15) is 4.79 Å². The highest BCUT2D eigenvalue weighted by Gasteiger charge is 2.19. The standard InChI is InChI=1S/C23H25N5O/c29-23-22-21(19-8-4-5-9-20(19)25-22)24-17-28(23)15-14-26-10-12-27(13-11-26)16-18-6-2-1-3-7-18/h1-9,17,25H,10-16H2/p+1. The number of para-hydroxylation sites is 1. The van der Waals surface area contributed by atoms with Crippen molar-refractivity contribution in [2.75, 3.05) is 32.7 Å². The second-order valence-electron chi connectivity index (χ2n) is 7.80. The van der Waals surface area contributed by atoms with Crippen LogP contribution in [-0.2, 0) is 13.1 Å². The lowest BCUT2D eigenvalue weighted by molar-refractivity contribution is -0.352. The summed E-state index contributed by atoms with van der Waals surface area (Å²) in [6.07, 6.45) is 1.82. The Balaban J connectivity index is 1.22. The number of nitrogens with zero attached hydrogens (tertiary/aromatic N) is 3. The van der Waals surface area contributed by atoms with Crippen LogP contribution in [-0.4, -0.2) is 52.1 Å². The van der Waals surface area contributed by atoms with Gasteiger partial charge in [-0.25, -0.2) is 9.78 Å². The van der Waals surface area contributed by atoms with E-state index in [1.165, 1.54) is 5.56 Å². The van der Waals surface area contributed by atoms with Crippen LogP contribution in [0.3, 0.4) is 0 Å². The van der Waals surface area contributed by atoms with Gasteiger partial charge in [0, 0.05) is 44.7 Å². The van der Waals surface area contributed by atoms with Crippen LogP contribution < -0.4 is 10.5 Å². The van der Waals surface area contributed by atoms with Crippen molar-refractivity contribution >= 4 is 21.9 Å². The van der Waals surface area contributed by atoms with Crippen molar-refractivity contribution in [1.82, 2.24) is 19.4 Å². The molecule has 3 heterocycles. The highest BCUT2D eigenvalue weighted by molar-refractivity contribution is 6.02. The number of nitrogens with one attached hydrogen (secondary N) is 2. The molecule has 4 aromatic rings. The first-order chi connectivity index (χ1) is 14.3. The summed E-state index contributed by atoms with van der Waals surface area (Å²) in [5.41, 5.74) is 3.94. The van der Waals surface area contributed by atoms with Crippen LogP contribution in [0.15, 0.2) is 65.7 Å². The number of rotatable bonds is 5. The van der Waals surface area contributed by atoms with E-state index in [1.54, 1.807) is 4.57 Å². The molecule has 1 fully saturated rings. The van der Waals surface area contributed by atoms with Gasteiger partial charge < -0.3 is 4.98 Å². The Morgan fingerprint density at radius 1 is 0.862 bits per heavy atom. The molecular formula is C23H26N5O+. The van der Waals surface area contributed by atoms with Gasteiger partial charge in [-0.05, 0) is 17.7 Å². The molecule has 0 bridgehead atoms. The fourth-order valence-corrected chi connectivity index (χ4v) is 4.22. The van der Waals surface area contributed by atoms with Crippen LogP contribution in [0, 0.1) is 0 Å². The molecule has 29 heavy (non-hydrogen) atoms. The SMILES string of the molecule is O=c1c2[nH]c3ccccc3c2[nH+]cn1CCN1CCN(Cc2ccccc2)CC1. The van der Waals surface area contributed by atoms with Gasteiger partial charge in [-0.1, -0.05) is 42.5 Å². The van der Waals surface area contributed by atoms with E-state index in [0.29, 0.717) is 12.1 Å². The Morgan fingerprint density at radius 2 is 1.59 bits per heavy atom. The third-order valence-corrected chi connectivity index (χ3v) is 5.92. The minimum atomic E-state index is 0.0395. The van der Waals surface area contributed by atoms with Crippen molar-refractivity contribution in [3.8, 4) is 0 Å². The normalized spacial score (nSPS) is 16.0. The zero-order chi connectivity index (χ0) is 19.6. The molecule has 6 heteroatoms. The van der Waals surface area contributed by atoms with Gasteiger partial charge in [0.1, 0.15) is 6.54 Å². The summed E-state index contributed by atoms with van der Waals surface area (Å²) < 4.78 is 1.79. The smallest absolute Gasteiger partial charge is 0.345 e. The van der Waals surface area contributed by atoms with E-state index in [-0.39, 0.29) is 5.56 Å². The Kier molecular flexibility index (Phi) is 4.87. The minimum absolute atomic E-state index is 0.0395. The first-order valence-corrected chi connectivity index (χ1v) is 10.3. The van der Waals surface area contributed by atoms with Crippen molar-refractivity contribution in [3.63, 3.8) is 0 Å². The van der Waals surface area contributed by atoms with Crippen molar-refractivity contribution in [2.24, 2.45) is 0 Å². The lowest BCUT2D eigenvalue weighted by Gasteiger charge is -2.34. The number of benzene rings is 2. The molecule has 2 aromatic heterocycles. The maximum absolute atomic E-state index is 12.9. The van der Waals surface area contributed by atoms with Gasteiger partial charge in [-0.3, -0.25) is 9.80 Å². The number of fused-ring (bicyclic) bond motifs is 3. The van der Waals surface area contributed by atoms with Gasteiger partial charge in [0.2, 0.25) is 6.33 Å². The molecule has 6 nitrogen and oxygen atoms in total. The molecule has 1 saturated heterocycles. The fraction of sp³-hybridized carbons (Fsp3) is 0.304. The summed E-state index contributed by atoms with van der Waals surface area (Å²) in [6.45, 7) is 6.81. The van der Waals surface area contributed by atoms with Crippen LogP contribution in [0.25, 0.3) is 21.9 Å². The molecule has 0 aliphatic carbocycles. The van der Waals surface area contributed by atoms with Crippen molar-refractivity contribution in [3.05, 3.63) is 76.8 Å². The maximum Gasteiger partial charge on any atom is 0.361 e. The van der Waals surface area contributed by atoms with Crippen LogP contribution in [0.5, 0.6) is 0 Å². The summed E-state index contributed by atoms with van der Waals surface area (Å²) in [5.74, 6) is 0. The van der Waals surface area contributed by atoms with Crippen molar-refractivity contribution in [2.45, 2.75) is 13.1 Å². The van der Waals surface area contributed by atoms with E-state index >= 15 is 0 Å². The van der Waals surface area contributed by atoms with Crippen LogP contribution in [0.4, 0.5) is 0 Å². The van der Waals surface area contributed by atoms with Gasteiger partial charge in [-0.15, -0.1) is 0 Å². The van der Waals surface area contributed by atoms with Crippen LogP contribution >= 0.6 is 0 Å². The second-order valence-corrected chi connectivity index (χ2v) is 7.80. The van der Waals surface area contributed by atoms with E-state index in [2.05, 4.69) is 50.1 Å². The predicted octanol–water partition coefficient (Wildman–Crippen LogP) is 2.11. The number of piperazine rings is 1. The monoisotopic (exact) mass is 388 g/mol. The molecule has 0 unspecified atom stereocenters. The molecule has 2 aromatic carbocycles. The van der Waals surface area contributed by atoms with E-state index in [1.807, 2.05) is 30.6 Å². The number of hydrogen-bond donors (Lipinski definition) is 1. The topological polar surface area (TPSA) is 58.4 Å². The van der Waals surface area contributed by atoms with Gasteiger partial charge in [0.05, 0.1) is 5.52 Å². The molecule has 0 atom stereocenters.